The maximum absolute atomic E-state index is 11.3. The van der Waals surface area contributed by atoms with E-state index in [9.17, 15) is 9.59 Å². The Kier molecular flexibility index (Phi) is 3.12. The lowest BCUT2D eigenvalue weighted by Gasteiger charge is -2.19. The first-order chi connectivity index (χ1) is 6.42. The molecule has 0 unspecified atom stereocenters. The minimum atomic E-state index is -0.478. The molecule has 78 valence electrons. The molecule has 1 saturated carbocycles. The summed E-state index contributed by atoms with van der Waals surface area (Å²) in [5.41, 5.74) is 0.0912. The summed E-state index contributed by atoms with van der Waals surface area (Å²) in [6.07, 6.45) is 2.12. The number of esters is 1. The van der Waals surface area contributed by atoms with Crippen LogP contribution in [0.2, 0.25) is 0 Å². The van der Waals surface area contributed by atoms with Gasteiger partial charge in [-0.15, -0.1) is 0 Å². The lowest BCUT2D eigenvalue weighted by atomic mass is 10.1. The highest BCUT2D eigenvalue weighted by molar-refractivity contribution is 5.76. The molecule has 0 aromatic heterocycles. The number of hydrogen-bond donors (Lipinski definition) is 0. The van der Waals surface area contributed by atoms with Crippen LogP contribution in [-0.4, -0.2) is 17.5 Å². The Morgan fingerprint density at radius 1 is 1.43 bits per heavy atom. The maximum atomic E-state index is 11.3. The summed E-state index contributed by atoms with van der Waals surface area (Å²) in [7, 11) is 0. The zero-order valence-corrected chi connectivity index (χ0v) is 8.92. The van der Waals surface area contributed by atoms with E-state index in [1.165, 1.54) is 0 Å². The lowest BCUT2D eigenvalue weighted by Crippen LogP contribution is -2.24. The first-order valence-electron chi connectivity index (χ1n) is 4.88. The summed E-state index contributed by atoms with van der Waals surface area (Å²) in [5.74, 6) is 1.81. The topological polar surface area (TPSA) is 43.4 Å². The molecule has 0 saturated heterocycles. The summed E-state index contributed by atoms with van der Waals surface area (Å²) in [4.78, 5) is 21.9. The van der Waals surface area contributed by atoms with E-state index in [2.05, 4.69) is 0 Å². The second-order valence-corrected chi connectivity index (χ2v) is 4.66. The van der Waals surface area contributed by atoms with Gasteiger partial charge < -0.3 is 4.74 Å². The largest absolute Gasteiger partial charge is 0.460 e. The minimum absolute atomic E-state index is 0.103. The molecule has 0 heterocycles. The molecule has 0 amide bonds. The van der Waals surface area contributed by atoms with Crippen LogP contribution in [0.3, 0.4) is 0 Å². The Hall–Kier alpha value is -1.08. The normalized spacial score (nSPS) is 15.9. The average Bonchev–Trinajstić information content (AvgIpc) is 2.78. The van der Waals surface area contributed by atoms with E-state index in [4.69, 9.17) is 4.74 Å². The van der Waals surface area contributed by atoms with Gasteiger partial charge in [-0.3, -0.25) is 4.79 Å². The van der Waals surface area contributed by atoms with E-state index in [0.29, 0.717) is 11.5 Å². The van der Waals surface area contributed by atoms with E-state index in [-0.39, 0.29) is 12.4 Å². The summed E-state index contributed by atoms with van der Waals surface area (Å²) < 4.78 is 5.11. The molecule has 0 bridgehead atoms. The third kappa shape index (κ3) is 3.75. The fraction of sp³-hybridized carbons (Fsp3) is 0.727. The monoisotopic (exact) mass is 196 g/mol. The van der Waals surface area contributed by atoms with Crippen LogP contribution in [0.1, 0.15) is 40.0 Å². The molecule has 0 radical (unpaired) electrons. The van der Waals surface area contributed by atoms with E-state index in [1.807, 2.05) is 26.7 Å². The van der Waals surface area contributed by atoms with Crippen molar-refractivity contribution in [3.63, 3.8) is 0 Å². The molecule has 1 fully saturated rings. The standard InChI is InChI=1S/C11H16O3/c1-11(2,3)14-10(13)6-9(7-12)8-4-5-8/h8H,4-6H2,1-3H3. The van der Waals surface area contributed by atoms with Crippen molar-refractivity contribution >= 4 is 11.9 Å². The van der Waals surface area contributed by atoms with Gasteiger partial charge in [0.1, 0.15) is 11.5 Å². The van der Waals surface area contributed by atoms with E-state index >= 15 is 0 Å². The zero-order chi connectivity index (χ0) is 10.8. The van der Waals surface area contributed by atoms with Crippen molar-refractivity contribution in [2.75, 3.05) is 0 Å². The van der Waals surface area contributed by atoms with Crippen molar-refractivity contribution < 1.29 is 14.3 Å². The van der Waals surface area contributed by atoms with Crippen LogP contribution in [0.25, 0.3) is 0 Å². The highest BCUT2D eigenvalue weighted by Crippen LogP contribution is 2.36. The summed E-state index contributed by atoms with van der Waals surface area (Å²) in [5, 5.41) is 0. The van der Waals surface area contributed by atoms with Gasteiger partial charge in [0.25, 0.3) is 0 Å². The molecule has 1 rings (SSSR count). The molecule has 1 aliphatic carbocycles. The van der Waals surface area contributed by atoms with E-state index < -0.39 is 5.60 Å². The predicted octanol–water partition coefficient (Wildman–Crippen LogP) is 1.89. The molecule has 1 aliphatic rings. The van der Waals surface area contributed by atoms with Crippen molar-refractivity contribution in [1.82, 2.24) is 0 Å². The highest BCUT2D eigenvalue weighted by atomic mass is 16.6. The van der Waals surface area contributed by atoms with Gasteiger partial charge >= 0.3 is 5.97 Å². The zero-order valence-electron chi connectivity index (χ0n) is 8.92. The van der Waals surface area contributed by atoms with Crippen LogP contribution in [0, 0.1) is 5.92 Å². The Bertz CT molecular complexity index is 275. The summed E-state index contributed by atoms with van der Waals surface area (Å²) in [6.45, 7) is 5.44. The Morgan fingerprint density at radius 2 is 2.00 bits per heavy atom. The van der Waals surface area contributed by atoms with E-state index in [0.717, 1.165) is 12.8 Å². The van der Waals surface area contributed by atoms with Gasteiger partial charge in [0.15, 0.2) is 0 Å². The number of carbonyl (C=O) groups excluding carboxylic acids is 2. The van der Waals surface area contributed by atoms with Crippen LogP contribution in [-0.2, 0) is 14.3 Å². The molecule has 0 aliphatic heterocycles. The smallest absolute Gasteiger partial charge is 0.311 e. The van der Waals surface area contributed by atoms with Crippen molar-refractivity contribution in [2.24, 2.45) is 5.92 Å². The molecule has 0 N–H and O–H groups in total. The van der Waals surface area contributed by atoms with Crippen LogP contribution < -0.4 is 0 Å². The molecule has 14 heavy (non-hydrogen) atoms. The third-order valence-corrected chi connectivity index (χ3v) is 1.96. The van der Waals surface area contributed by atoms with Gasteiger partial charge in [-0.05, 0) is 39.5 Å². The fourth-order valence-electron chi connectivity index (χ4n) is 1.23. The van der Waals surface area contributed by atoms with Crippen molar-refractivity contribution in [3.8, 4) is 0 Å². The predicted molar refractivity (Wildman–Crippen MR) is 52.4 cm³/mol. The fourth-order valence-corrected chi connectivity index (χ4v) is 1.23. The van der Waals surface area contributed by atoms with Crippen LogP contribution in [0.5, 0.6) is 0 Å². The third-order valence-electron chi connectivity index (χ3n) is 1.96. The Balaban J connectivity index is 2.43. The van der Waals surface area contributed by atoms with Crippen molar-refractivity contribution in [1.29, 1.82) is 0 Å². The van der Waals surface area contributed by atoms with Crippen LogP contribution >= 0.6 is 0 Å². The molecule has 3 nitrogen and oxygen atoms in total. The second kappa shape index (κ2) is 3.97. The molecule has 0 aromatic rings. The average molecular weight is 196 g/mol. The van der Waals surface area contributed by atoms with Gasteiger partial charge in [-0.2, -0.15) is 0 Å². The molecule has 0 atom stereocenters. The lowest BCUT2D eigenvalue weighted by molar-refractivity contribution is -0.153. The number of rotatable bonds is 3. The minimum Gasteiger partial charge on any atom is -0.460 e. The number of hydrogen-bond acceptors (Lipinski definition) is 3. The van der Waals surface area contributed by atoms with Gasteiger partial charge in [0, 0.05) is 5.57 Å². The molecule has 3 heteroatoms. The Morgan fingerprint density at radius 3 is 2.36 bits per heavy atom. The van der Waals surface area contributed by atoms with Crippen molar-refractivity contribution in [2.45, 2.75) is 45.6 Å². The summed E-state index contributed by atoms with van der Waals surface area (Å²) in [6, 6.07) is 0. The first kappa shape index (κ1) is 11.0. The second-order valence-electron chi connectivity index (χ2n) is 4.66. The molecular weight excluding hydrogens is 180 g/mol. The van der Waals surface area contributed by atoms with Crippen LogP contribution in [0.15, 0.2) is 5.57 Å². The Labute approximate surface area is 84.1 Å². The van der Waals surface area contributed by atoms with E-state index in [1.54, 1.807) is 0 Å². The highest BCUT2D eigenvalue weighted by Gasteiger charge is 2.29. The SMILES string of the molecule is CC(C)(C)OC(=O)CC(=C=O)C1CC1. The number of ether oxygens (including phenoxy) is 1. The van der Waals surface area contributed by atoms with Gasteiger partial charge in [-0.1, -0.05) is 0 Å². The maximum Gasteiger partial charge on any atom is 0.311 e. The molecule has 0 spiro atoms. The van der Waals surface area contributed by atoms with Gasteiger partial charge in [-0.25, -0.2) is 4.79 Å². The molecule has 0 aromatic carbocycles. The summed E-state index contributed by atoms with van der Waals surface area (Å²) >= 11 is 0. The number of carbonyl (C=O) groups is 1. The quantitative estimate of drug-likeness (QED) is 0.511. The van der Waals surface area contributed by atoms with Crippen molar-refractivity contribution in [3.05, 3.63) is 5.57 Å². The molecular formula is C11H16O3. The van der Waals surface area contributed by atoms with Gasteiger partial charge in [0.05, 0.1) is 6.42 Å². The van der Waals surface area contributed by atoms with Gasteiger partial charge in [0.2, 0.25) is 0 Å². The van der Waals surface area contributed by atoms with Crippen LogP contribution in [0.4, 0.5) is 0 Å². The first-order valence-corrected chi connectivity index (χ1v) is 4.88.